The molecule has 5 atom stereocenters. The van der Waals surface area contributed by atoms with Crippen LogP contribution >= 0.6 is 0 Å². The summed E-state index contributed by atoms with van der Waals surface area (Å²) in [4.78, 5) is 91.0. The van der Waals surface area contributed by atoms with Gasteiger partial charge in [-0.15, -0.1) is 0 Å². The van der Waals surface area contributed by atoms with Crippen molar-refractivity contribution >= 4 is 52.9 Å². The van der Waals surface area contributed by atoms with Crippen molar-refractivity contribution in [2.75, 3.05) is 10.6 Å². The van der Waals surface area contributed by atoms with Crippen molar-refractivity contribution in [3.8, 4) is 0 Å². The second kappa shape index (κ2) is 17.8. The Balaban J connectivity index is 1.88. The van der Waals surface area contributed by atoms with Gasteiger partial charge in [0.1, 0.15) is 30.2 Å². The monoisotopic (exact) mass is 693 g/mol. The fourth-order valence-corrected chi connectivity index (χ4v) is 5.24. The standard InChI is InChI=1S/C35H47N7O8/c1-18(2)15-25-31(45)36-21(6)30(44)42-29(19(3)4)33(47)40-27(34(48)49)17-28(43)38-26(32(46)39-25)16-22-11-13-23(14-12-22)37-35(50)41-24-10-8-7-9-20(24)5/h7-14,18-19,21,25-27,29H,15-17H2,1-6H3,(H,36,45)(H,38,43)(H,39,46)(H,40,47)(H,42,44)(H,48,49)(H2,37,41,50)/t21-,25-,26+,27-,29-/m0/s1. The number of hydrogen-bond acceptors (Lipinski definition) is 7. The minimum Gasteiger partial charge on any atom is -0.480 e. The van der Waals surface area contributed by atoms with Gasteiger partial charge in [0.15, 0.2) is 0 Å². The molecule has 1 aliphatic heterocycles. The summed E-state index contributed by atoms with van der Waals surface area (Å²) in [6, 6.07) is 7.07. The van der Waals surface area contributed by atoms with Gasteiger partial charge in [0.25, 0.3) is 0 Å². The molecule has 2 aromatic rings. The fourth-order valence-electron chi connectivity index (χ4n) is 5.24. The number of aryl methyl sites for hydroxylation is 1. The Kier molecular flexibility index (Phi) is 13.9. The van der Waals surface area contributed by atoms with E-state index in [4.69, 9.17) is 0 Å². The summed E-state index contributed by atoms with van der Waals surface area (Å²) in [6.45, 7) is 10.3. The largest absolute Gasteiger partial charge is 0.480 e. The van der Waals surface area contributed by atoms with Crippen LogP contribution in [0.5, 0.6) is 0 Å². The molecule has 1 saturated heterocycles. The van der Waals surface area contributed by atoms with Gasteiger partial charge in [0.2, 0.25) is 29.5 Å². The Bertz CT molecular complexity index is 1580. The number of carbonyl (C=O) groups is 7. The third-order valence-electron chi connectivity index (χ3n) is 8.04. The molecular formula is C35H47N7O8. The minimum absolute atomic E-state index is 0.0535. The third kappa shape index (κ3) is 11.6. The van der Waals surface area contributed by atoms with Crippen molar-refractivity contribution in [2.24, 2.45) is 11.8 Å². The van der Waals surface area contributed by atoms with Gasteiger partial charge in [0, 0.05) is 17.8 Å². The van der Waals surface area contributed by atoms with Gasteiger partial charge >= 0.3 is 12.0 Å². The summed E-state index contributed by atoms with van der Waals surface area (Å²) >= 11 is 0. The van der Waals surface area contributed by atoms with Crippen LogP contribution in [-0.4, -0.2) is 76.9 Å². The molecule has 2 aromatic carbocycles. The molecule has 0 bridgehead atoms. The van der Waals surface area contributed by atoms with Crippen molar-refractivity contribution in [3.05, 3.63) is 59.7 Å². The molecule has 1 fully saturated rings. The average Bonchev–Trinajstić information content (AvgIpc) is 3.03. The van der Waals surface area contributed by atoms with E-state index in [2.05, 4.69) is 37.2 Å². The Morgan fingerprint density at radius 1 is 0.780 bits per heavy atom. The third-order valence-corrected chi connectivity index (χ3v) is 8.04. The number of rotatable bonds is 8. The maximum atomic E-state index is 13.7. The SMILES string of the molecule is Cc1ccccc1NC(=O)Nc1ccc(C[C@H]2NC(=O)C[C@@H](C(=O)O)NC(=O)[C@H](C(C)C)NC(=O)[C@H](C)NC(=O)[C@H](CC(C)C)NC2=O)cc1. The first-order chi connectivity index (χ1) is 23.5. The van der Waals surface area contributed by atoms with Gasteiger partial charge in [-0.3, -0.25) is 24.0 Å². The number of carbonyl (C=O) groups excluding carboxylic acids is 6. The van der Waals surface area contributed by atoms with E-state index in [-0.39, 0.29) is 18.8 Å². The topological polar surface area (TPSA) is 224 Å². The summed E-state index contributed by atoms with van der Waals surface area (Å²) in [7, 11) is 0. The van der Waals surface area contributed by atoms with Crippen LogP contribution in [0.25, 0.3) is 0 Å². The van der Waals surface area contributed by atoms with E-state index in [0.717, 1.165) is 5.56 Å². The Hall–Kier alpha value is -5.47. The zero-order chi connectivity index (χ0) is 37.1. The molecule has 0 radical (unpaired) electrons. The number of aliphatic carboxylic acids is 1. The highest BCUT2D eigenvalue weighted by Crippen LogP contribution is 2.16. The van der Waals surface area contributed by atoms with Crippen molar-refractivity contribution in [1.82, 2.24) is 26.6 Å². The fraction of sp³-hybridized carbons (Fsp3) is 0.457. The molecule has 1 aliphatic rings. The predicted molar refractivity (Wildman–Crippen MR) is 186 cm³/mol. The first kappa shape index (κ1) is 39.0. The molecule has 8 N–H and O–H groups in total. The van der Waals surface area contributed by atoms with Crippen LogP contribution in [0.1, 0.15) is 58.6 Å². The highest BCUT2D eigenvalue weighted by Gasteiger charge is 2.34. The maximum Gasteiger partial charge on any atom is 0.326 e. The van der Waals surface area contributed by atoms with Crippen LogP contribution in [0.3, 0.4) is 0 Å². The number of hydrogen-bond donors (Lipinski definition) is 8. The molecule has 15 nitrogen and oxygen atoms in total. The Morgan fingerprint density at radius 3 is 2.02 bits per heavy atom. The van der Waals surface area contributed by atoms with E-state index in [1.54, 1.807) is 50.2 Å². The highest BCUT2D eigenvalue weighted by molar-refractivity contribution is 6.00. The quantitative estimate of drug-likeness (QED) is 0.203. The number of carboxylic acid groups (broad SMARTS) is 1. The summed E-state index contributed by atoms with van der Waals surface area (Å²) in [5.41, 5.74) is 2.56. The van der Waals surface area contributed by atoms with Crippen molar-refractivity contribution in [2.45, 2.75) is 91.0 Å². The van der Waals surface area contributed by atoms with E-state index < -0.39 is 84.1 Å². The molecular weight excluding hydrogens is 646 g/mol. The molecule has 7 amide bonds. The number of amides is 7. The summed E-state index contributed by atoms with van der Waals surface area (Å²) in [6.07, 6.45) is -0.577. The smallest absolute Gasteiger partial charge is 0.326 e. The summed E-state index contributed by atoms with van der Waals surface area (Å²) in [5, 5.41) is 28.0. The summed E-state index contributed by atoms with van der Waals surface area (Å²) in [5.74, 6) is -5.74. The molecule has 270 valence electrons. The summed E-state index contributed by atoms with van der Waals surface area (Å²) < 4.78 is 0. The lowest BCUT2D eigenvalue weighted by atomic mass is 9.99. The maximum absolute atomic E-state index is 13.7. The molecule has 3 rings (SSSR count). The van der Waals surface area contributed by atoms with Gasteiger partial charge < -0.3 is 42.3 Å². The van der Waals surface area contributed by atoms with Crippen LogP contribution in [0.4, 0.5) is 16.2 Å². The van der Waals surface area contributed by atoms with Gasteiger partial charge in [-0.05, 0) is 61.4 Å². The number of anilines is 2. The lowest BCUT2D eigenvalue weighted by molar-refractivity contribution is -0.144. The average molecular weight is 694 g/mol. The first-order valence-electron chi connectivity index (χ1n) is 16.5. The van der Waals surface area contributed by atoms with Crippen molar-refractivity contribution in [1.29, 1.82) is 0 Å². The zero-order valence-corrected chi connectivity index (χ0v) is 29.1. The van der Waals surface area contributed by atoms with Crippen molar-refractivity contribution < 1.29 is 38.7 Å². The molecule has 50 heavy (non-hydrogen) atoms. The van der Waals surface area contributed by atoms with E-state index in [9.17, 15) is 38.7 Å². The molecule has 0 spiro atoms. The van der Waals surface area contributed by atoms with Gasteiger partial charge in [-0.1, -0.05) is 58.0 Å². The van der Waals surface area contributed by atoms with Crippen LogP contribution in [0.15, 0.2) is 48.5 Å². The predicted octanol–water partition coefficient (Wildman–Crippen LogP) is 1.82. The number of benzene rings is 2. The second-order valence-electron chi connectivity index (χ2n) is 13.2. The molecule has 1 heterocycles. The number of para-hydroxylation sites is 1. The van der Waals surface area contributed by atoms with E-state index in [1.165, 1.54) is 6.92 Å². The number of carboxylic acids is 1. The van der Waals surface area contributed by atoms with Gasteiger partial charge in [-0.2, -0.15) is 0 Å². The number of urea groups is 1. The number of nitrogens with one attached hydrogen (secondary N) is 7. The van der Waals surface area contributed by atoms with Crippen molar-refractivity contribution in [3.63, 3.8) is 0 Å². The molecule has 0 aliphatic carbocycles. The Morgan fingerprint density at radius 2 is 1.42 bits per heavy atom. The van der Waals surface area contributed by atoms with Crippen LogP contribution in [0, 0.1) is 18.8 Å². The van der Waals surface area contributed by atoms with Crippen LogP contribution in [-0.2, 0) is 35.2 Å². The normalized spacial score (nSPS) is 22.5. The minimum atomic E-state index is -1.67. The van der Waals surface area contributed by atoms with Gasteiger partial charge in [0.05, 0.1) is 6.42 Å². The molecule has 0 saturated carbocycles. The molecule has 0 aromatic heterocycles. The van der Waals surface area contributed by atoms with Crippen LogP contribution < -0.4 is 37.2 Å². The Labute approximate surface area is 291 Å². The van der Waals surface area contributed by atoms with E-state index in [0.29, 0.717) is 16.9 Å². The van der Waals surface area contributed by atoms with Crippen LogP contribution in [0.2, 0.25) is 0 Å². The first-order valence-corrected chi connectivity index (χ1v) is 16.5. The molecule has 0 unspecified atom stereocenters. The van der Waals surface area contributed by atoms with E-state index >= 15 is 0 Å². The second-order valence-corrected chi connectivity index (χ2v) is 13.2. The molecule has 15 heteroatoms. The highest BCUT2D eigenvalue weighted by atomic mass is 16.4. The van der Waals surface area contributed by atoms with Gasteiger partial charge in [-0.25, -0.2) is 9.59 Å². The lowest BCUT2D eigenvalue weighted by Gasteiger charge is -2.28. The lowest BCUT2D eigenvalue weighted by Crippen LogP contribution is -2.60. The van der Waals surface area contributed by atoms with E-state index in [1.807, 2.05) is 32.9 Å². The zero-order valence-electron chi connectivity index (χ0n) is 29.1.